The number of ether oxygens (including phenoxy) is 1. The molecule has 0 aliphatic carbocycles. The maximum atomic E-state index is 12.1. The first-order valence-corrected chi connectivity index (χ1v) is 10.9. The summed E-state index contributed by atoms with van der Waals surface area (Å²) in [5.41, 5.74) is 3.86. The molecule has 1 aliphatic rings. The van der Waals surface area contributed by atoms with Gasteiger partial charge in [0.05, 0.1) is 0 Å². The van der Waals surface area contributed by atoms with Crippen LogP contribution < -0.4 is 5.32 Å². The molecule has 1 heterocycles. The Labute approximate surface area is 185 Å². The zero-order chi connectivity index (χ0) is 22.3. The minimum Gasteiger partial charge on any atom is -0.439 e. The first kappa shape index (κ1) is 22.8. The average molecular weight is 424 g/mol. The van der Waals surface area contributed by atoms with Crippen LogP contribution in [0.5, 0.6) is 0 Å². The Morgan fingerprint density at radius 3 is 2.32 bits per heavy atom. The maximum absolute atomic E-state index is 12.1. The molecule has 6 heteroatoms. The lowest BCUT2D eigenvalue weighted by atomic mass is 9.91. The molecular formula is C25H33N3O3. The van der Waals surface area contributed by atoms with Gasteiger partial charge in [0.15, 0.2) is 6.61 Å². The van der Waals surface area contributed by atoms with Crippen LogP contribution in [-0.4, -0.2) is 67.2 Å². The van der Waals surface area contributed by atoms with E-state index in [0.717, 1.165) is 25.9 Å². The van der Waals surface area contributed by atoms with Crippen LogP contribution in [0.2, 0.25) is 0 Å². The summed E-state index contributed by atoms with van der Waals surface area (Å²) < 4.78 is 5.06. The van der Waals surface area contributed by atoms with Crippen LogP contribution in [0.1, 0.15) is 25.8 Å². The fourth-order valence-corrected chi connectivity index (χ4v) is 3.93. The summed E-state index contributed by atoms with van der Waals surface area (Å²) in [6.45, 7) is 7.13. The largest absolute Gasteiger partial charge is 0.439 e. The number of carbonyl (C=O) groups is 2. The van der Waals surface area contributed by atoms with Gasteiger partial charge in [0.1, 0.15) is 0 Å². The van der Waals surface area contributed by atoms with Crippen molar-refractivity contribution in [3.63, 3.8) is 0 Å². The third-order valence-corrected chi connectivity index (χ3v) is 6.06. The Kier molecular flexibility index (Phi) is 7.69. The molecule has 6 nitrogen and oxygen atoms in total. The van der Waals surface area contributed by atoms with Gasteiger partial charge in [-0.25, -0.2) is 4.79 Å². The molecule has 0 unspecified atom stereocenters. The van der Waals surface area contributed by atoms with Gasteiger partial charge in [0, 0.05) is 38.8 Å². The third-order valence-electron chi connectivity index (χ3n) is 6.06. The monoisotopic (exact) mass is 423 g/mol. The zero-order valence-corrected chi connectivity index (χ0v) is 18.8. The van der Waals surface area contributed by atoms with E-state index in [1.54, 1.807) is 4.90 Å². The van der Waals surface area contributed by atoms with Gasteiger partial charge in [0.25, 0.3) is 5.91 Å². The van der Waals surface area contributed by atoms with Crippen molar-refractivity contribution >= 4 is 12.0 Å². The number of nitrogens with zero attached hydrogens (tertiary/aromatic N) is 2. The highest BCUT2D eigenvalue weighted by molar-refractivity contribution is 5.79. The number of amides is 2. The molecule has 0 aromatic heterocycles. The van der Waals surface area contributed by atoms with Gasteiger partial charge in [-0.2, -0.15) is 0 Å². The molecular weight excluding hydrogens is 390 g/mol. The maximum Gasteiger partial charge on any atom is 0.410 e. The van der Waals surface area contributed by atoms with Crippen LogP contribution in [0.4, 0.5) is 4.79 Å². The molecule has 31 heavy (non-hydrogen) atoms. The number of benzene rings is 2. The van der Waals surface area contributed by atoms with E-state index in [0.29, 0.717) is 13.1 Å². The first-order valence-electron chi connectivity index (χ1n) is 10.9. The Hall–Kier alpha value is -2.86. The van der Waals surface area contributed by atoms with Gasteiger partial charge in [-0.05, 0) is 43.4 Å². The normalized spacial score (nSPS) is 14.9. The Bertz CT molecular complexity index is 875. The molecule has 1 fully saturated rings. The minimum absolute atomic E-state index is 0.0286. The van der Waals surface area contributed by atoms with E-state index >= 15 is 0 Å². The number of hydrogen-bond acceptors (Lipinski definition) is 4. The fourth-order valence-electron chi connectivity index (χ4n) is 3.93. The number of carbonyl (C=O) groups excluding carboxylic acids is 2. The molecule has 1 aliphatic heterocycles. The predicted octanol–water partition coefficient (Wildman–Crippen LogP) is 3.57. The number of aryl methyl sites for hydroxylation is 1. The molecule has 0 bridgehead atoms. The number of piperazine rings is 1. The molecule has 0 atom stereocenters. The Balaban J connectivity index is 1.51. The second kappa shape index (κ2) is 10.4. The van der Waals surface area contributed by atoms with Crippen molar-refractivity contribution in [2.45, 2.75) is 32.2 Å². The molecule has 3 rings (SSSR count). The SMILES string of the molecule is CNC(=O)COC(=O)N1CCN(C(C)(C)CCc2cccc(-c3ccccc3)c2)CC1. The summed E-state index contributed by atoms with van der Waals surface area (Å²) >= 11 is 0. The molecule has 166 valence electrons. The van der Waals surface area contributed by atoms with Crippen LogP contribution in [-0.2, 0) is 16.0 Å². The first-order chi connectivity index (χ1) is 14.9. The number of hydrogen-bond donors (Lipinski definition) is 1. The van der Waals surface area contributed by atoms with Crippen molar-refractivity contribution < 1.29 is 14.3 Å². The van der Waals surface area contributed by atoms with E-state index in [-0.39, 0.29) is 18.1 Å². The smallest absolute Gasteiger partial charge is 0.410 e. The quantitative estimate of drug-likeness (QED) is 0.740. The van der Waals surface area contributed by atoms with E-state index in [2.05, 4.69) is 72.6 Å². The van der Waals surface area contributed by atoms with Crippen molar-refractivity contribution in [2.24, 2.45) is 0 Å². The van der Waals surface area contributed by atoms with Gasteiger partial charge in [-0.3, -0.25) is 9.69 Å². The third kappa shape index (κ3) is 6.31. The lowest BCUT2D eigenvalue weighted by Gasteiger charge is -2.44. The van der Waals surface area contributed by atoms with Crippen LogP contribution in [0.15, 0.2) is 54.6 Å². The van der Waals surface area contributed by atoms with E-state index in [1.807, 2.05) is 6.07 Å². The van der Waals surface area contributed by atoms with E-state index in [4.69, 9.17) is 4.74 Å². The van der Waals surface area contributed by atoms with Crippen molar-refractivity contribution in [1.82, 2.24) is 15.1 Å². The van der Waals surface area contributed by atoms with Gasteiger partial charge >= 0.3 is 6.09 Å². The van der Waals surface area contributed by atoms with Crippen molar-refractivity contribution in [2.75, 3.05) is 39.8 Å². The second-order valence-electron chi connectivity index (χ2n) is 8.58. The summed E-state index contributed by atoms with van der Waals surface area (Å²) in [7, 11) is 1.52. The summed E-state index contributed by atoms with van der Waals surface area (Å²) in [6, 6.07) is 19.2. The fraction of sp³-hybridized carbons (Fsp3) is 0.440. The minimum atomic E-state index is -0.418. The molecule has 1 saturated heterocycles. The molecule has 2 aromatic rings. The van der Waals surface area contributed by atoms with Crippen molar-refractivity contribution in [3.8, 4) is 11.1 Å². The lowest BCUT2D eigenvalue weighted by Crippen LogP contribution is -2.56. The lowest BCUT2D eigenvalue weighted by molar-refractivity contribution is -0.123. The highest BCUT2D eigenvalue weighted by Gasteiger charge is 2.31. The van der Waals surface area contributed by atoms with Crippen LogP contribution >= 0.6 is 0 Å². The summed E-state index contributed by atoms with van der Waals surface area (Å²) in [5, 5.41) is 2.45. The molecule has 1 N–H and O–H groups in total. The van der Waals surface area contributed by atoms with Crippen LogP contribution in [0, 0.1) is 0 Å². The highest BCUT2D eigenvalue weighted by Crippen LogP contribution is 2.25. The zero-order valence-electron chi connectivity index (χ0n) is 18.8. The molecule has 0 radical (unpaired) electrons. The summed E-state index contributed by atoms with van der Waals surface area (Å²) in [5.74, 6) is -0.301. The number of rotatable bonds is 7. The van der Waals surface area contributed by atoms with E-state index in [9.17, 15) is 9.59 Å². The van der Waals surface area contributed by atoms with E-state index in [1.165, 1.54) is 23.7 Å². The standard InChI is InChI=1S/C25H33N3O3/c1-25(2,28-16-14-27(15-17-28)24(30)31-19-23(29)26-3)13-12-20-8-7-11-22(18-20)21-9-5-4-6-10-21/h4-11,18H,12-17,19H2,1-3H3,(H,26,29). The Morgan fingerprint density at radius 1 is 0.968 bits per heavy atom. The molecule has 2 amide bonds. The van der Waals surface area contributed by atoms with Crippen molar-refractivity contribution in [1.29, 1.82) is 0 Å². The Morgan fingerprint density at radius 2 is 1.65 bits per heavy atom. The summed E-state index contributed by atoms with van der Waals surface area (Å²) in [6.07, 6.45) is 1.62. The number of nitrogens with one attached hydrogen (secondary N) is 1. The highest BCUT2D eigenvalue weighted by atomic mass is 16.6. The average Bonchev–Trinajstić information content (AvgIpc) is 2.82. The molecule has 2 aromatic carbocycles. The van der Waals surface area contributed by atoms with Gasteiger partial charge in [-0.15, -0.1) is 0 Å². The summed E-state index contributed by atoms with van der Waals surface area (Å²) in [4.78, 5) is 27.5. The van der Waals surface area contributed by atoms with E-state index < -0.39 is 6.09 Å². The topological polar surface area (TPSA) is 61.9 Å². The predicted molar refractivity (Wildman–Crippen MR) is 123 cm³/mol. The van der Waals surface area contributed by atoms with Crippen LogP contribution in [0.3, 0.4) is 0 Å². The van der Waals surface area contributed by atoms with Crippen LogP contribution in [0.25, 0.3) is 11.1 Å². The van der Waals surface area contributed by atoms with Crippen molar-refractivity contribution in [3.05, 3.63) is 60.2 Å². The second-order valence-corrected chi connectivity index (χ2v) is 8.58. The number of likely N-dealkylation sites (N-methyl/N-ethyl adjacent to an activating group) is 1. The van der Waals surface area contributed by atoms with Gasteiger partial charge in [-0.1, -0.05) is 54.6 Å². The van der Waals surface area contributed by atoms with Gasteiger partial charge < -0.3 is 15.0 Å². The van der Waals surface area contributed by atoms with Gasteiger partial charge in [0.2, 0.25) is 0 Å². The molecule has 0 saturated carbocycles. The molecule has 0 spiro atoms.